The molecule has 15 heavy (non-hydrogen) atoms. The molecule has 1 saturated heterocycles. The molecule has 88 valence electrons. The molecular weight excluding hydrogens is 188 g/mol. The second kappa shape index (κ2) is 5.50. The second-order valence-corrected chi connectivity index (χ2v) is 4.80. The molecule has 1 aliphatic rings. The number of nitrogens with zero attached hydrogens (tertiary/aromatic N) is 1. The molecule has 0 radical (unpaired) electrons. The van der Waals surface area contributed by atoms with Crippen LogP contribution in [-0.4, -0.2) is 29.6 Å². The van der Waals surface area contributed by atoms with Crippen molar-refractivity contribution in [2.24, 2.45) is 5.92 Å². The van der Waals surface area contributed by atoms with Crippen molar-refractivity contribution in [3.63, 3.8) is 0 Å². The van der Waals surface area contributed by atoms with Gasteiger partial charge in [-0.2, -0.15) is 0 Å². The molecule has 0 bridgehead atoms. The first-order valence-electron chi connectivity index (χ1n) is 6.14. The lowest BCUT2D eigenvalue weighted by Gasteiger charge is -2.32. The van der Waals surface area contributed by atoms with Gasteiger partial charge in [-0.1, -0.05) is 27.7 Å². The first-order chi connectivity index (χ1) is 7.10. The van der Waals surface area contributed by atoms with E-state index in [2.05, 4.69) is 37.9 Å². The predicted octanol–water partition coefficient (Wildman–Crippen LogP) is 1.98. The quantitative estimate of drug-likeness (QED) is 0.755. The molecule has 3 nitrogen and oxygen atoms in total. The third kappa shape index (κ3) is 2.94. The van der Waals surface area contributed by atoms with Crippen LogP contribution in [0, 0.1) is 5.92 Å². The van der Waals surface area contributed by atoms with Crippen molar-refractivity contribution in [1.82, 2.24) is 10.2 Å². The summed E-state index contributed by atoms with van der Waals surface area (Å²) in [6.07, 6.45) is 3.43. The Kier molecular flexibility index (Phi) is 4.58. The summed E-state index contributed by atoms with van der Waals surface area (Å²) in [5.74, 6) is 0.902. The Morgan fingerprint density at radius 3 is 2.47 bits per heavy atom. The maximum Gasteiger partial charge on any atom is 0.238 e. The van der Waals surface area contributed by atoms with Gasteiger partial charge in [0.05, 0.1) is 12.7 Å². The zero-order chi connectivity index (χ0) is 11.4. The lowest BCUT2D eigenvalue weighted by atomic mass is 10.1. The molecular formula is C12H24N2O. The Balaban J connectivity index is 2.67. The topological polar surface area (TPSA) is 32.3 Å². The van der Waals surface area contributed by atoms with Gasteiger partial charge in [-0.3, -0.25) is 10.1 Å². The summed E-state index contributed by atoms with van der Waals surface area (Å²) in [4.78, 5) is 13.9. The monoisotopic (exact) mass is 212 g/mol. The van der Waals surface area contributed by atoms with Crippen LogP contribution >= 0.6 is 0 Å². The number of carbonyl (C=O) groups excluding carboxylic acids is 1. The highest BCUT2D eigenvalue weighted by molar-refractivity contribution is 5.81. The van der Waals surface area contributed by atoms with Crippen LogP contribution in [-0.2, 0) is 4.79 Å². The van der Waals surface area contributed by atoms with Crippen molar-refractivity contribution in [3.05, 3.63) is 0 Å². The molecule has 0 aromatic carbocycles. The molecule has 0 aromatic rings. The van der Waals surface area contributed by atoms with Crippen molar-refractivity contribution < 1.29 is 4.79 Å². The average molecular weight is 212 g/mol. The second-order valence-electron chi connectivity index (χ2n) is 4.80. The summed E-state index contributed by atoms with van der Waals surface area (Å²) >= 11 is 0. The van der Waals surface area contributed by atoms with Gasteiger partial charge in [0.25, 0.3) is 0 Å². The number of carbonyl (C=O) groups is 1. The van der Waals surface area contributed by atoms with Crippen molar-refractivity contribution in [3.8, 4) is 0 Å². The Hall–Kier alpha value is -0.570. The SMILES string of the molecule is CCC(CC)N1C(=O)CNC1CC(C)C. The Labute approximate surface area is 93.2 Å². The maximum atomic E-state index is 11.8. The van der Waals surface area contributed by atoms with Gasteiger partial charge in [0.2, 0.25) is 5.91 Å². The van der Waals surface area contributed by atoms with Crippen LogP contribution in [0.2, 0.25) is 0 Å². The van der Waals surface area contributed by atoms with Gasteiger partial charge in [-0.15, -0.1) is 0 Å². The van der Waals surface area contributed by atoms with Crippen LogP contribution in [0.25, 0.3) is 0 Å². The zero-order valence-corrected chi connectivity index (χ0v) is 10.4. The number of amides is 1. The number of hydrogen-bond donors (Lipinski definition) is 1. The summed E-state index contributed by atoms with van der Waals surface area (Å²) in [5.41, 5.74) is 0. The van der Waals surface area contributed by atoms with Crippen LogP contribution in [0.3, 0.4) is 0 Å². The van der Waals surface area contributed by atoms with Gasteiger partial charge in [0, 0.05) is 6.04 Å². The number of nitrogens with one attached hydrogen (secondary N) is 1. The zero-order valence-electron chi connectivity index (χ0n) is 10.4. The normalized spacial score (nSPS) is 22.1. The van der Waals surface area contributed by atoms with Crippen molar-refractivity contribution in [2.45, 2.75) is 59.2 Å². The minimum absolute atomic E-state index is 0.266. The van der Waals surface area contributed by atoms with Crippen molar-refractivity contribution >= 4 is 5.91 Å². The first kappa shape index (κ1) is 12.5. The molecule has 1 unspecified atom stereocenters. The molecule has 1 heterocycles. The fourth-order valence-electron chi connectivity index (χ4n) is 2.35. The highest BCUT2D eigenvalue weighted by atomic mass is 16.2. The smallest absolute Gasteiger partial charge is 0.238 e. The van der Waals surface area contributed by atoms with E-state index in [1.807, 2.05) is 0 Å². The lowest BCUT2D eigenvalue weighted by molar-refractivity contribution is -0.130. The lowest BCUT2D eigenvalue weighted by Crippen LogP contribution is -2.44. The highest BCUT2D eigenvalue weighted by Crippen LogP contribution is 2.20. The van der Waals surface area contributed by atoms with E-state index < -0.39 is 0 Å². The van der Waals surface area contributed by atoms with E-state index in [0.717, 1.165) is 19.3 Å². The largest absolute Gasteiger partial charge is 0.323 e. The van der Waals surface area contributed by atoms with E-state index in [4.69, 9.17) is 0 Å². The molecule has 0 spiro atoms. The minimum atomic E-state index is 0.266. The van der Waals surface area contributed by atoms with Crippen LogP contribution in [0.1, 0.15) is 47.0 Å². The van der Waals surface area contributed by atoms with Gasteiger partial charge in [-0.05, 0) is 25.2 Å². The van der Waals surface area contributed by atoms with Crippen molar-refractivity contribution in [1.29, 1.82) is 0 Å². The number of rotatable bonds is 5. The molecule has 0 aromatic heterocycles. The van der Waals surface area contributed by atoms with E-state index in [1.54, 1.807) is 0 Å². The summed E-state index contributed by atoms with van der Waals surface area (Å²) < 4.78 is 0. The van der Waals surface area contributed by atoms with Crippen molar-refractivity contribution in [2.75, 3.05) is 6.54 Å². The van der Waals surface area contributed by atoms with Crippen LogP contribution in [0.5, 0.6) is 0 Å². The van der Waals surface area contributed by atoms with E-state index in [1.165, 1.54) is 0 Å². The van der Waals surface area contributed by atoms with Gasteiger partial charge >= 0.3 is 0 Å². The van der Waals surface area contributed by atoms with E-state index >= 15 is 0 Å². The highest BCUT2D eigenvalue weighted by Gasteiger charge is 2.34. The van der Waals surface area contributed by atoms with Crippen LogP contribution < -0.4 is 5.32 Å². The van der Waals surface area contributed by atoms with Gasteiger partial charge in [0.15, 0.2) is 0 Å². The van der Waals surface area contributed by atoms with E-state index in [9.17, 15) is 4.79 Å². The molecule has 1 rings (SSSR count). The molecule has 1 N–H and O–H groups in total. The molecule has 1 aliphatic heterocycles. The third-order valence-corrected chi connectivity index (χ3v) is 3.14. The molecule has 1 atom stereocenters. The minimum Gasteiger partial charge on any atom is -0.323 e. The molecule has 1 amide bonds. The average Bonchev–Trinajstić information content (AvgIpc) is 2.51. The molecule has 0 saturated carbocycles. The summed E-state index contributed by atoms with van der Waals surface area (Å²) in [7, 11) is 0. The van der Waals surface area contributed by atoms with Gasteiger partial charge in [0.1, 0.15) is 0 Å². The van der Waals surface area contributed by atoms with Gasteiger partial charge < -0.3 is 4.90 Å². The molecule has 1 fully saturated rings. The third-order valence-electron chi connectivity index (χ3n) is 3.14. The molecule has 0 aliphatic carbocycles. The standard InChI is InChI=1S/C12H24N2O/c1-5-10(6-2)14-11(7-9(3)4)13-8-12(14)15/h9-11,13H,5-8H2,1-4H3. The fourth-order valence-corrected chi connectivity index (χ4v) is 2.35. The molecule has 3 heteroatoms. The Morgan fingerprint density at radius 2 is 2.00 bits per heavy atom. The maximum absolute atomic E-state index is 11.8. The van der Waals surface area contributed by atoms with Crippen LogP contribution in [0.15, 0.2) is 0 Å². The van der Waals surface area contributed by atoms with E-state index in [-0.39, 0.29) is 12.1 Å². The number of hydrogen-bond acceptors (Lipinski definition) is 2. The van der Waals surface area contributed by atoms with Gasteiger partial charge in [-0.25, -0.2) is 0 Å². The summed E-state index contributed by atoms with van der Waals surface area (Å²) in [5, 5.41) is 3.31. The first-order valence-corrected chi connectivity index (χ1v) is 6.14. The van der Waals surface area contributed by atoms with Crippen LogP contribution in [0.4, 0.5) is 0 Å². The fraction of sp³-hybridized carbons (Fsp3) is 0.917. The Morgan fingerprint density at radius 1 is 1.40 bits per heavy atom. The predicted molar refractivity (Wildman–Crippen MR) is 62.5 cm³/mol. The summed E-state index contributed by atoms with van der Waals surface area (Å²) in [6.45, 7) is 9.25. The summed E-state index contributed by atoms with van der Waals surface area (Å²) in [6, 6.07) is 0.413. The van der Waals surface area contributed by atoms with E-state index in [0.29, 0.717) is 18.5 Å². The Bertz CT molecular complexity index is 212.